The molecule has 0 unspecified atom stereocenters. The summed E-state index contributed by atoms with van der Waals surface area (Å²) < 4.78 is 3.38. The summed E-state index contributed by atoms with van der Waals surface area (Å²) in [6, 6.07) is 19.4. The van der Waals surface area contributed by atoms with Crippen LogP contribution in [0.5, 0.6) is 0 Å². The highest BCUT2D eigenvalue weighted by Gasteiger charge is 2.16. The van der Waals surface area contributed by atoms with Crippen LogP contribution in [0.1, 0.15) is 11.4 Å². The molecule has 0 atom stereocenters. The van der Waals surface area contributed by atoms with E-state index in [-0.39, 0.29) is 10.6 Å². The third-order valence-corrected chi connectivity index (χ3v) is 5.04. The van der Waals surface area contributed by atoms with Crippen molar-refractivity contribution in [2.75, 3.05) is 11.9 Å². The molecule has 0 bridgehead atoms. The van der Waals surface area contributed by atoms with E-state index in [1.54, 1.807) is 12.4 Å². The lowest BCUT2D eigenvalue weighted by molar-refractivity contribution is 0.703. The normalized spacial score (nSPS) is 10.8. The van der Waals surface area contributed by atoms with Crippen molar-refractivity contribution >= 4 is 17.3 Å². The molecule has 0 fully saturated rings. The van der Waals surface area contributed by atoms with E-state index in [0.29, 0.717) is 17.9 Å². The third kappa shape index (κ3) is 4.07. The fraction of sp³-hybridized carbons (Fsp3) is 0.136. The lowest BCUT2D eigenvalue weighted by atomic mass is 10.2. The number of imidazole rings is 1. The van der Waals surface area contributed by atoms with Crippen LogP contribution in [0.2, 0.25) is 5.02 Å². The van der Waals surface area contributed by atoms with Gasteiger partial charge in [0, 0.05) is 26.0 Å². The largest absolute Gasteiger partial charge is 0.364 e. The first-order valence-electron chi connectivity index (χ1n) is 9.22. The molecule has 0 saturated carbocycles. The topological polar surface area (TPSA) is 56.0 Å². The van der Waals surface area contributed by atoms with Crippen LogP contribution < -0.4 is 10.5 Å². The Morgan fingerprint density at radius 3 is 2.45 bits per heavy atom. The summed E-state index contributed by atoms with van der Waals surface area (Å²) in [5.74, 6) is 0.875. The number of nitrogens with zero attached hydrogens (tertiary/aromatic N) is 5. The Balaban J connectivity index is 1.57. The van der Waals surface area contributed by atoms with Gasteiger partial charge in [-0.05, 0) is 17.7 Å². The maximum atomic E-state index is 12.7. The number of benzene rings is 2. The van der Waals surface area contributed by atoms with Crippen LogP contribution in [0.4, 0.5) is 5.69 Å². The van der Waals surface area contributed by atoms with Crippen LogP contribution in [0, 0.1) is 0 Å². The second-order valence-corrected chi connectivity index (χ2v) is 7.09. The van der Waals surface area contributed by atoms with Gasteiger partial charge in [0.1, 0.15) is 10.8 Å². The summed E-state index contributed by atoms with van der Waals surface area (Å²) >= 11 is 6.41. The fourth-order valence-corrected chi connectivity index (χ4v) is 3.43. The van der Waals surface area contributed by atoms with Gasteiger partial charge in [-0.3, -0.25) is 4.79 Å². The smallest absolute Gasteiger partial charge is 0.292 e. The van der Waals surface area contributed by atoms with Crippen LogP contribution in [-0.2, 0) is 13.1 Å². The summed E-state index contributed by atoms with van der Waals surface area (Å²) in [7, 11) is 1.87. The van der Waals surface area contributed by atoms with Crippen molar-refractivity contribution in [3.63, 3.8) is 0 Å². The van der Waals surface area contributed by atoms with Gasteiger partial charge in [0.05, 0.1) is 24.1 Å². The van der Waals surface area contributed by atoms with Crippen molar-refractivity contribution in [1.29, 1.82) is 0 Å². The van der Waals surface area contributed by atoms with E-state index in [4.69, 9.17) is 11.6 Å². The predicted molar refractivity (Wildman–Crippen MR) is 115 cm³/mol. The standard InChI is InChI=1S/C22H20ClN5O/c1-26(16-20-24-12-13-27(20)15-17-8-4-2-5-9-17)19-14-25-28(22(29)21(19)23)18-10-6-3-7-11-18/h2-14H,15-16H2,1H3. The average molecular weight is 406 g/mol. The molecule has 2 heterocycles. The molecule has 29 heavy (non-hydrogen) atoms. The molecule has 0 aliphatic heterocycles. The van der Waals surface area contributed by atoms with E-state index >= 15 is 0 Å². The van der Waals surface area contributed by atoms with E-state index in [2.05, 4.69) is 26.8 Å². The zero-order valence-corrected chi connectivity index (χ0v) is 16.7. The minimum atomic E-state index is -0.352. The lowest BCUT2D eigenvalue weighted by Crippen LogP contribution is -2.27. The van der Waals surface area contributed by atoms with Crippen molar-refractivity contribution in [1.82, 2.24) is 19.3 Å². The quantitative estimate of drug-likeness (QED) is 0.490. The van der Waals surface area contributed by atoms with E-state index in [1.165, 1.54) is 10.2 Å². The van der Waals surface area contributed by atoms with Crippen LogP contribution >= 0.6 is 11.6 Å². The molecule has 0 saturated heterocycles. The van der Waals surface area contributed by atoms with Gasteiger partial charge in [0.25, 0.3) is 5.56 Å². The molecule has 2 aromatic heterocycles. The number of rotatable bonds is 6. The molecule has 6 nitrogen and oxygen atoms in total. The number of hydrogen-bond acceptors (Lipinski definition) is 4. The van der Waals surface area contributed by atoms with Crippen LogP contribution in [0.3, 0.4) is 0 Å². The van der Waals surface area contributed by atoms with E-state index in [9.17, 15) is 4.79 Å². The molecule has 4 aromatic rings. The van der Waals surface area contributed by atoms with Gasteiger partial charge in [0.2, 0.25) is 0 Å². The maximum Gasteiger partial charge on any atom is 0.292 e. The van der Waals surface area contributed by atoms with E-state index in [1.807, 2.05) is 66.7 Å². The Morgan fingerprint density at radius 2 is 1.72 bits per heavy atom. The highest BCUT2D eigenvalue weighted by Crippen LogP contribution is 2.22. The summed E-state index contributed by atoms with van der Waals surface area (Å²) in [5, 5.41) is 4.43. The van der Waals surface area contributed by atoms with E-state index in [0.717, 1.165) is 12.4 Å². The Bertz CT molecular complexity index is 1150. The van der Waals surface area contributed by atoms with Gasteiger partial charge in [-0.2, -0.15) is 9.78 Å². The lowest BCUT2D eigenvalue weighted by Gasteiger charge is -2.21. The number of anilines is 1. The number of aromatic nitrogens is 4. The highest BCUT2D eigenvalue weighted by atomic mass is 35.5. The van der Waals surface area contributed by atoms with Crippen molar-refractivity contribution in [3.8, 4) is 5.69 Å². The molecule has 0 aliphatic carbocycles. The Morgan fingerprint density at radius 1 is 1.03 bits per heavy atom. The molecule has 4 rings (SSSR count). The second kappa shape index (κ2) is 8.32. The zero-order valence-electron chi connectivity index (χ0n) is 15.9. The van der Waals surface area contributed by atoms with Crippen molar-refractivity contribution in [2.24, 2.45) is 0 Å². The van der Waals surface area contributed by atoms with Crippen molar-refractivity contribution < 1.29 is 0 Å². The number of hydrogen-bond donors (Lipinski definition) is 0. The van der Waals surface area contributed by atoms with Gasteiger partial charge in [-0.25, -0.2) is 4.98 Å². The monoisotopic (exact) mass is 405 g/mol. The van der Waals surface area contributed by atoms with Crippen LogP contribution in [0.25, 0.3) is 5.69 Å². The molecule has 0 N–H and O–H groups in total. The molecule has 0 aliphatic rings. The molecule has 0 radical (unpaired) electrons. The minimum Gasteiger partial charge on any atom is -0.364 e. The first-order chi connectivity index (χ1) is 14.1. The van der Waals surface area contributed by atoms with Crippen LogP contribution in [-0.4, -0.2) is 26.4 Å². The number of halogens is 1. The van der Waals surface area contributed by atoms with E-state index < -0.39 is 0 Å². The number of para-hydroxylation sites is 1. The minimum absolute atomic E-state index is 0.132. The fourth-order valence-electron chi connectivity index (χ4n) is 3.16. The molecule has 0 amide bonds. The third-order valence-electron chi connectivity index (χ3n) is 4.69. The highest BCUT2D eigenvalue weighted by molar-refractivity contribution is 6.33. The van der Waals surface area contributed by atoms with Gasteiger partial charge < -0.3 is 9.47 Å². The summed E-state index contributed by atoms with van der Waals surface area (Å²) in [6.07, 6.45) is 5.34. The Hall–Kier alpha value is -3.38. The average Bonchev–Trinajstić information content (AvgIpc) is 3.17. The molecular formula is C22H20ClN5O. The van der Waals surface area contributed by atoms with Crippen molar-refractivity contribution in [2.45, 2.75) is 13.1 Å². The molecule has 2 aromatic carbocycles. The van der Waals surface area contributed by atoms with Gasteiger partial charge in [-0.1, -0.05) is 60.1 Å². The first kappa shape index (κ1) is 19.0. The molecule has 0 spiro atoms. The van der Waals surface area contributed by atoms with Crippen LogP contribution in [0.15, 0.2) is 84.0 Å². The second-order valence-electron chi connectivity index (χ2n) is 6.71. The maximum absolute atomic E-state index is 12.7. The van der Waals surface area contributed by atoms with Crippen molar-refractivity contribution in [3.05, 3.63) is 106 Å². The molecule has 146 valence electrons. The molecule has 7 heteroatoms. The summed E-state index contributed by atoms with van der Waals surface area (Å²) in [6.45, 7) is 1.22. The first-order valence-corrected chi connectivity index (χ1v) is 9.59. The Kier molecular flexibility index (Phi) is 5.44. The summed E-state index contributed by atoms with van der Waals surface area (Å²) in [5.41, 5.74) is 2.08. The van der Waals surface area contributed by atoms with Gasteiger partial charge >= 0.3 is 0 Å². The van der Waals surface area contributed by atoms with Gasteiger partial charge in [-0.15, -0.1) is 0 Å². The summed E-state index contributed by atoms with van der Waals surface area (Å²) in [4.78, 5) is 19.1. The SMILES string of the molecule is CN(Cc1nccn1Cc1ccccc1)c1cnn(-c2ccccc2)c(=O)c1Cl. The molecular weight excluding hydrogens is 386 g/mol. The predicted octanol–water partition coefficient (Wildman–Crippen LogP) is 3.77. The zero-order chi connectivity index (χ0) is 20.2. The Labute approximate surface area is 173 Å². The van der Waals surface area contributed by atoms with Gasteiger partial charge in [0.15, 0.2) is 0 Å².